The smallest absolute Gasteiger partial charge is 0.237 e. The molecule has 2 rings (SSSR count). The summed E-state index contributed by atoms with van der Waals surface area (Å²) in [5.41, 5.74) is 0. The molecule has 1 N–H and O–H groups in total. The van der Waals surface area contributed by atoms with Crippen molar-refractivity contribution in [3.63, 3.8) is 0 Å². The second-order valence-electron chi connectivity index (χ2n) is 6.66. The Morgan fingerprint density at radius 2 is 2.12 bits per heavy atom. The van der Waals surface area contributed by atoms with E-state index in [2.05, 4.69) is 5.32 Å². The maximum Gasteiger partial charge on any atom is 0.237 e. The Labute approximate surface area is 155 Å². The predicted molar refractivity (Wildman–Crippen MR) is 94.5 cm³/mol. The summed E-state index contributed by atoms with van der Waals surface area (Å²) >= 11 is 0. The minimum Gasteiger partial charge on any atom is -0.323 e. The van der Waals surface area contributed by atoms with Crippen molar-refractivity contribution in [2.75, 3.05) is 26.2 Å². The zero-order chi connectivity index (χ0) is 17.9. The summed E-state index contributed by atoms with van der Waals surface area (Å²) in [6, 6.07) is 1.07. The third-order valence-electron chi connectivity index (χ3n) is 4.62. The predicted octanol–water partition coefficient (Wildman–Crippen LogP) is 0.663. The molecule has 3 atom stereocenters. The molecular formula is C15H26ClFN4O3S. The summed E-state index contributed by atoms with van der Waals surface area (Å²) in [5, 5.41) is 11.5. The fraction of sp³-hybridized carbons (Fsp3) is 0.867. The molecule has 10 heteroatoms. The largest absolute Gasteiger partial charge is 0.323 e. The van der Waals surface area contributed by atoms with Gasteiger partial charge < -0.3 is 10.2 Å². The van der Waals surface area contributed by atoms with Crippen LogP contribution in [0.25, 0.3) is 0 Å². The normalized spacial score (nSPS) is 27.3. The van der Waals surface area contributed by atoms with Crippen LogP contribution in [-0.4, -0.2) is 73.2 Å². The Balaban J connectivity index is 0.00000312. The van der Waals surface area contributed by atoms with Crippen LogP contribution in [-0.2, 0) is 14.8 Å². The van der Waals surface area contributed by atoms with E-state index in [1.165, 1.54) is 9.21 Å². The van der Waals surface area contributed by atoms with E-state index >= 15 is 0 Å². The number of sulfonamides is 1. The maximum atomic E-state index is 13.4. The van der Waals surface area contributed by atoms with Crippen LogP contribution in [0.5, 0.6) is 0 Å². The standard InChI is InChI=1S/C15H25FN4O3S.ClH/c1-11(2)24(22,23)20-5-3-4-13(20)8-18-9-15(21)19-10-12(16)6-14(19)7-17;/h11-14,18H,3-6,8-10H2,1-2H3;1H/t12-,13?,14-;/m0./s1. The average molecular weight is 397 g/mol. The third-order valence-corrected chi connectivity index (χ3v) is 6.95. The van der Waals surface area contributed by atoms with Gasteiger partial charge in [0.2, 0.25) is 15.9 Å². The number of nitrogens with one attached hydrogen (secondary N) is 1. The van der Waals surface area contributed by atoms with Crippen LogP contribution < -0.4 is 5.32 Å². The lowest BCUT2D eigenvalue weighted by atomic mass is 10.2. The van der Waals surface area contributed by atoms with Gasteiger partial charge in [0, 0.05) is 25.6 Å². The van der Waals surface area contributed by atoms with E-state index < -0.39 is 27.5 Å². The van der Waals surface area contributed by atoms with Crippen LogP contribution in [0.4, 0.5) is 4.39 Å². The summed E-state index contributed by atoms with van der Waals surface area (Å²) < 4.78 is 39.5. The van der Waals surface area contributed by atoms with Gasteiger partial charge in [0.05, 0.1) is 24.4 Å². The molecular weight excluding hydrogens is 371 g/mol. The van der Waals surface area contributed by atoms with E-state index in [-0.39, 0.29) is 43.9 Å². The zero-order valence-corrected chi connectivity index (χ0v) is 16.2. The van der Waals surface area contributed by atoms with Crippen molar-refractivity contribution in [2.45, 2.75) is 56.6 Å². The van der Waals surface area contributed by atoms with Gasteiger partial charge >= 0.3 is 0 Å². The lowest BCUT2D eigenvalue weighted by molar-refractivity contribution is -0.130. The molecule has 0 aromatic heterocycles. The number of hydrogen-bond acceptors (Lipinski definition) is 5. The second kappa shape index (κ2) is 9.12. The van der Waals surface area contributed by atoms with Gasteiger partial charge in [-0.15, -0.1) is 12.4 Å². The summed E-state index contributed by atoms with van der Waals surface area (Å²) in [6.07, 6.45) is 0.466. The number of carbonyl (C=O) groups excluding carboxylic acids is 1. The zero-order valence-electron chi connectivity index (χ0n) is 14.5. The number of amides is 1. The monoisotopic (exact) mass is 396 g/mol. The van der Waals surface area contributed by atoms with E-state index in [9.17, 15) is 17.6 Å². The number of likely N-dealkylation sites (tertiary alicyclic amines) is 1. The van der Waals surface area contributed by atoms with Crippen molar-refractivity contribution >= 4 is 28.3 Å². The van der Waals surface area contributed by atoms with Gasteiger partial charge in [0.1, 0.15) is 12.2 Å². The van der Waals surface area contributed by atoms with Crippen LogP contribution in [0.2, 0.25) is 0 Å². The van der Waals surface area contributed by atoms with Crippen LogP contribution in [0.1, 0.15) is 33.1 Å². The molecule has 1 amide bonds. The van der Waals surface area contributed by atoms with E-state index in [0.717, 1.165) is 12.8 Å². The number of halogens is 2. The van der Waals surface area contributed by atoms with Crippen molar-refractivity contribution in [1.29, 1.82) is 5.26 Å². The highest BCUT2D eigenvalue weighted by molar-refractivity contribution is 7.89. The second-order valence-corrected chi connectivity index (χ2v) is 9.10. The SMILES string of the molecule is CC(C)S(=O)(=O)N1CCCC1CNCC(=O)N1C[C@@H](F)C[C@H]1C#N.Cl. The molecule has 1 unspecified atom stereocenters. The van der Waals surface area contributed by atoms with Crippen LogP contribution in [0, 0.1) is 11.3 Å². The quantitative estimate of drug-likeness (QED) is 0.712. The number of nitrogens with zero attached hydrogens (tertiary/aromatic N) is 3. The molecule has 2 saturated heterocycles. The first-order valence-corrected chi connectivity index (χ1v) is 9.82. The molecule has 2 heterocycles. The molecule has 0 aromatic carbocycles. The van der Waals surface area contributed by atoms with Gasteiger partial charge in [-0.1, -0.05) is 0 Å². The molecule has 0 bridgehead atoms. The van der Waals surface area contributed by atoms with Gasteiger partial charge in [-0.05, 0) is 26.7 Å². The number of rotatable bonds is 6. The molecule has 2 fully saturated rings. The van der Waals surface area contributed by atoms with Crippen molar-refractivity contribution in [2.24, 2.45) is 0 Å². The topological polar surface area (TPSA) is 93.5 Å². The number of carbonyl (C=O) groups is 1. The summed E-state index contributed by atoms with van der Waals surface area (Å²) in [7, 11) is -3.31. The van der Waals surface area contributed by atoms with Gasteiger partial charge in [0.15, 0.2) is 0 Å². The molecule has 0 aliphatic carbocycles. The van der Waals surface area contributed by atoms with Gasteiger partial charge in [0.25, 0.3) is 0 Å². The summed E-state index contributed by atoms with van der Waals surface area (Å²) in [6.45, 7) is 4.14. The highest BCUT2D eigenvalue weighted by Crippen LogP contribution is 2.23. The molecule has 0 spiro atoms. The highest BCUT2D eigenvalue weighted by Gasteiger charge is 2.37. The Hall–Kier alpha value is -0.950. The Bertz CT molecular complexity index is 610. The Kier molecular flexibility index (Phi) is 8.06. The fourth-order valence-electron chi connectivity index (χ4n) is 3.25. The van der Waals surface area contributed by atoms with Gasteiger partial charge in [-0.2, -0.15) is 9.57 Å². The Morgan fingerprint density at radius 3 is 2.72 bits per heavy atom. The van der Waals surface area contributed by atoms with Gasteiger partial charge in [-0.3, -0.25) is 4.79 Å². The van der Waals surface area contributed by atoms with Crippen molar-refractivity contribution < 1.29 is 17.6 Å². The maximum absolute atomic E-state index is 13.4. The van der Waals surface area contributed by atoms with E-state index in [1.54, 1.807) is 13.8 Å². The van der Waals surface area contributed by atoms with Crippen molar-refractivity contribution in [3.8, 4) is 6.07 Å². The molecule has 144 valence electrons. The summed E-state index contributed by atoms with van der Waals surface area (Å²) in [5.74, 6) is -0.321. The molecule has 0 aromatic rings. The minimum atomic E-state index is -3.31. The number of nitriles is 1. The first kappa shape index (κ1) is 22.1. The Morgan fingerprint density at radius 1 is 1.44 bits per heavy atom. The fourth-order valence-corrected chi connectivity index (χ4v) is 4.77. The van der Waals surface area contributed by atoms with Crippen LogP contribution in [0.15, 0.2) is 0 Å². The number of alkyl halides is 1. The first-order valence-electron chi connectivity index (χ1n) is 8.32. The average Bonchev–Trinajstić information content (AvgIpc) is 3.13. The number of hydrogen-bond donors (Lipinski definition) is 1. The van der Waals surface area contributed by atoms with Crippen molar-refractivity contribution in [1.82, 2.24) is 14.5 Å². The van der Waals surface area contributed by atoms with E-state index in [4.69, 9.17) is 5.26 Å². The van der Waals surface area contributed by atoms with Crippen LogP contribution in [0.3, 0.4) is 0 Å². The molecule has 0 saturated carbocycles. The highest BCUT2D eigenvalue weighted by atomic mass is 35.5. The van der Waals surface area contributed by atoms with Crippen LogP contribution >= 0.6 is 12.4 Å². The van der Waals surface area contributed by atoms with E-state index in [0.29, 0.717) is 13.1 Å². The minimum absolute atomic E-state index is 0. The van der Waals surface area contributed by atoms with Gasteiger partial charge in [-0.25, -0.2) is 12.8 Å². The molecule has 2 aliphatic heterocycles. The lowest BCUT2D eigenvalue weighted by Crippen LogP contribution is -2.47. The van der Waals surface area contributed by atoms with Crippen molar-refractivity contribution in [3.05, 3.63) is 0 Å². The van der Waals surface area contributed by atoms with E-state index in [1.807, 2.05) is 6.07 Å². The molecule has 2 aliphatic rings. The third kappa shape index (κ3) is 5.03. The lowest BCUT2D eigenvalue weighted by Gasteiger charge is -2.26. The molecule has 7 nitrogen and oxygen atoms in total. The summed E-state index contributed by atoms with van der Waals surface area (Å²) in [4.78, 5) is 13.4. The molecule has 25 heavy (non-hydrogen) atoms. The molecule has 0 radical (unpaired) electrons. The first-order chi connectivity index (χ1) is 11.3.